The molecule has 16 N–H and O–H groups in total. The summed E-state index contributed by atoms with van der Waals surface area (Å²) in [6.45, 7) is 2.30. The lowest BCUT2D eigenvalue weighted by Crippen LogP contribution is -3.14. The Bertz CT molecular complexity index is 2020. The van der Waals surface area contributed by atoms with Crippen molar-refractivity contribution in [3.63, 3.8) is 0 Å². The number of guanidine groups is 2. The van der Waals surface area contributed by atoms with E-state index in [1.807, 2.05) is 6.08 Å². The number of carbonyl (C=O) groups is 2. The van der Waals surface area contributed by atoms with Crippen LogP contribution in [-0.2, 0) is 33.3 Å². The number of nitrogens with two attached hydrogens (primary N) is 3. The van der Waals surface area contributed by atoms with Gasteiger partial charge in [-0.1, -0.05) is 67.5 Å². The minimum absolute atomic E-state index is 0.0570. The third-order valence-electron chi connectivity index (χ3n) is 12.9. The standard InChI is InChI=1S/C44H67N7O15S4/c1-22(2)63-37-41(65-32(19-55)36(56)44(37,60)61)66-40-26-5-3-14-67-69-33(10-12-48-42(45)46)35-30(18-54)51-15-23(34(27(16-51)38(57)58)50-43(47)49-11-4-13-52)6-8-25(26)28(20-62-40)39(59)64-31-9-7-24(17-53)29(31)21-68-70-35/h3,5-6,8,16,20,22,24-26,29-33,35-37,40-41,52-56,60-61H,4,7,9-15,17-19,21H2,1-2H3,(H,57,58)(H4,45,46,48)(H3,47,49,50)/p+1. The van der Waals surface area contributed by atoms with Crippen molar-refractivity contribution in [3.8, 4) is 0 Å². The van der Waals surface area contributed by atoms with Crippen molar-refractivity contribution < 1.29 is 79.0 Å². The molecule has 0 spiro atoms. The molecule has 1 saturated carbocycles. The number of esters is 1. The van der Waals surface area contributed by atoms with Crippen LogP contribution in [0.15, 0.2) is 69.2 Å². The molecule has 2 fully saturated rings. The lowest BCUT2D eigenvalue weighted by atomic mass is 9.82. The lowest BCUT2D eigenvalue weighted by Gasteiger charge is -2.48. The summed E-state index contributed by atoms with van der Waals surface area (Å²) in [5, 5.41) is 88.2. The van der Waals surface area contributed by atoms with Gasteiger partial charge in [-0.05, 0) is 45.4 Å². The number of quaternary nitrogens is 1. The zero-order chi connectivity index (χ0) is 50.7. The highest BCUT2D eigenvalue weighted by molar-refractivity contribution is 8.78. The zero-order valence-corrected chi connectivity index (χ0v) is 42.2. The van der Waals surface area contributed by atoms with E-state index in [0.717, 1.165) is 0 Å². The summed E-state index contributed by atoms with van der Waals surface area (Å²) in [5.41, 5.74) is 18.3. The number of hydrogen-bond acceptors (Lipinski definition) is 20. The maximum Gasteiger partial charge on any atom is 0.343 e. The third kappa shape index (κ3) is 13.8. The predicted molar refractivity (Wildman–Crippen MR) is 265 cm³/mol. The number of aliphatic carboxylic acids is 1. The van der Waals surface area contributed by atoms with Gasteiger partial charge in [0.05, 0.1) is 48.0 Å². The van der Waals surface area contributed by atoms with Crippen LogP contribution in [0.4, 0.5) is 0 Å². The molecule has 14 unspecified atom stereocenters. The predicted octanol–water partition coefficient (Wildman–Crippen LogP) is -1.97. The van der Waals surface area contributed by atoms with Crippen LogP contribution in [0, 0.1) is 23.7 Å². The molecule has 0 aromatic rings. The van der Waals surface area contributed by atoms with Gasteiger partial charge in [-0.25, -0.2) is 9.59 Å². The number of hydrogen-bond donors (Lipinski definition) is 13. The number of aliphatic imine (C=N–C) groups is 2. The Labute approximate surface area is 422 Å². The molecular weight excluding hydrogens is 995 g/mol. The average Bonchev–Trinajstić information content (AvgIpc) is 3.70. The molecule has 4 bridgehead atoms. The number of nitrogens with zero attached hydrogens (tertiary/aromatic N) is 2. The van der Waals surface area contributed by atoms with Gasteiger partial charge in [-0.2, -0.15) is 0 Å². The SMILES string of the molecule is CC(C)OC1C(OC2OC=C3C(=O)OC4CCC(CO)C4CSSC4C(CCN=C(N)N)SSCC=CC2C3C=CC2=C(NC(N)=NCCCO)C(C(=O)O)=C[NH+](C2)C4CO)OC(CO)C(O)C1(O)O. The number of fused-ring (bicyclic) bond motifs is 2. The summed E-state index contributed by atoms with van der Waals surface area (Å²) >= 11 is 0. The van der Waals surface area contributed by atoms with Crippen molar-refractivity contribution in [2.75, 3.05) is 57.6 Å². The van der Waals surface area contributed by atoms with Crippen molar-refractivity contribution in [1.82, 2.24) is 5.32 Å². The molecule has 0 amide bonds. The summed E-state index contributed by atoms with van der Waals surface area (Å²) in [6, 6.07) is -0.615. The monoisotopic (exact) mass is 1060 g/mol. The first-order valence-corrected chi connectivity index (χ1v) is 28.0. The summed E-state index contributed by atoms with van der Waals surface area (Å²) in [6.07, 6.45) is 2.04. The smallest absolute Gasteiger partial charge is 0.343 e. The molecule has 6 aliphatic rings. The van der Waals surface area contributed by atoms with Gasteiger partial charge in [-0.15, -0.1) is 0 Å². The number of aliphatic hydroxyl groups is 7. The fraction of sp³-hybridized carbons (Fsp3) is 0.682. The molecule has 0 radical (unpaired) electrons. The molecule has 0 aromatic carbocycles. The van der Waals surface area contributed by atoms with Gasteiger partial charge >= 0.3 is 11.9 Å². The number of allylic oxidation sites excluding steroid dienone is 1. The highest BCUT2D eigenvalue weighted by Gasteiger charge is 2.58. The van der Waals surface area contributed by atoms with E-state index in [-0.39, 0.29) is 90.6 Å². The fourth-order valence-electron chi connectivity index (χ4n) is 9.29. The van der Waals surface area contributed by atoms with E-state index < -0.39 is 85.3 Å². The first-order chi connectivity index (χ1) is 33.5. The van der Waals surface area contributed by atoms with Crippen molar-refractivity contribution in [3.05, 3.63) is 59.2 Å². The lowest BCUT2D eigenvalue weighted by molar-refractivity contribution is -0.870. The van der Waals surface area contributed by atoms with Crippen LogP contribution in [0.5, 0.6) is 0 Å². The molecule has 0 aromatic heterocycles. The first kappa shape index (κ1) is 56.2. The Balaban J connectivity index is 1.57. The van der Waals surface area contributed by atoms with Crippen molar-refractivity contribution >= 4 is 67.0 Å². The van der Waals surface area contributed by atoms with E-state index in [2.05, 4.69) is 15.3 Å². The largest absolute Gasteiger partial charge is 0.477 e. The summed E-state index contributed by atoms with van der Waals surface area (Å²) in [5.74, 6) is -6.71. The van der Waals surface area contributed by atoms with Gasteiger partial charge in [0.25, 0.3) is 0 Å². The molecule has 14 atom stereocenters. The molecule has 1 saturated heterocycles. The van der Waals surface area contributed by atoms with Crippen LogP contribution in [0.25, 0.3) is 0 Å². The fourth-order valence-corrected chi connectivity index (χ4v) is 16.2. The summed E-state index contributed by atoms with van der Waals surface area (Å²) in [7, 11) is 6.12. The number of aliphatic hydroxyl groups excluding tert-OH is 5. The maximum absolute atomic E-state index is 14.7. The molecular formula is C44H68N7O15S4+. The van der Waals surface area contributed by atoms with E-state index >= 15 is 0 Å². The van der Waals surface area contributed by atoms with Gasteiger partial charge in [-0.3, -0.25) is 14.9 Å². The Morgan fingerprint density at radius 1 is 1.03 bits per heavy atom. The molecule has 26 heteroatoms. The van der Waals surface area contributed by atoms with Crippen LogP contribution in [0.1, 0.15) is 39.5 Å². The number of ether oxygens (including phenoxy) is 5. The summed E-state index contributed by atoms with van der Waals surface area (Å²) in [4.78, 5) is 37.3. The van der Waals surface area contributed by atoms with E-state index in [4.69, 9.17) is 40.9 Å². The quantitative estimate of drug-likeness (QED) is 0.0161. The molecule has 6 rings (SSSR count). The number of carboxylic acid groups (broad SMARTS) is 1. The molecule has 5 aliphatic heterocycles. The highest BCUT2D eigenvalue weighted by atomic mass is 33.1. The van der Waals surface area contributed by atoms with Crippen LogP contribution >= 0.6 is 43.2 Å². The number of rotatable bonds is 15. The Morgan fingerprint density at radius 2 is 1.81 bits per heavy atom. The van der Waals surface area contributed by atoms with Crippen molar-refractivity contribution in [2.45, 2.75) is 105 Å². The minimum Gasteiger partial charge on any atom is -0.477 e. The van der Waals surface area contributed by atoms with Crippen LogP contribution in [0.3, 0.4) is 0 Å². The minimum atomic E-state index is -2.97. The van der Waals surface area contributed by atoms with Gasteiger partial charge in [0.2, 0.25) is 12.1 Å². The zero-order valence-electron chi connectivity index (χ0n) is 38.9. The Morgan fingerprint density at radius 3 is 2.50 bits per heavy atom. The third-order valence-corrected chi connectivity index (χ3v) is 18.9. The normalized spacial score (nSPS) is 34.9. The summed E-state index contributed by atoms with van der Waals surface area (Å²) < 4.78 is 30.9. The molecule has 70 heavy (non-hydrogen) atoms. The second-order valence-electron chi connectivity index (χ2n) is 17.9. The average molecular weight is 1060 g/mol. The van der Waals surface area contributed by atoms with Gasteiger partial charge in [0.1, 0.15) is 42.7 Å². The molecule has 392 valence electrons. The maximum atomic E-state index is 14.7. The van der Waals surface area contributed by atoms with Crippen LogP contribution in [-0.4, -0.2) is 188 Å². The molecule has 1 aliphatic carbocycles. The first-order valence-electron chi connectivity index (χ1n) is 23.2. The second kappa shape index (κ2) is 26.2. The Kier molecular flexibility index (Phi) is 21.1. The van der Waals surface area contributed by atoms with Gasteiger partial charge < -0.3 is 87.1 Å². The number of carbonyl (C=O) groups excluding carboxylic acids is 1. The van der Waals surface area contributed by atoms with E-state index in [9.17, 15) is 50.4 Å². The van der Waals surface area contributed by atoms with Gasteiger partial charge in [0.15, 0.2) is 24.3 Å². The highest BCUT2D eigenvalue weighted by Crippen LogP contribution is 2.46. The van der Waals surface area contributed by atoms with Crippen LogP contribution in [0.2, 0.25) is 0 Å². The Hall–Kier alpha value is -3.06. The van der Waals surface area contributed by atoms with Crippen molar-refractivity contribution in [1.29, 1.82) is 0 Å². The molecule has 22 nitrogen and oxygen atoms in total. The van der Waals surface area contributed by atoms with Gasteiger partial charge in [0, 0.05) is 60.5 Å². The van der Waals surface area contributed by atoms with Crippen LogP contribution < -0.4 is 27.4 Å². The topological polar surface area (TPSA) is 361 Å². The van der Waals surface area contributed by atoms with E-state index in [0.29, 0.717) is 47.7 Å². The number of nitrogens with one attached hydrogen (secondary N) is 2. The van der Waals surface area contributed by atoms with E-state index in [1.54, 1.807) is 49.1 Å². The van der Waals surface area contributed by atoms with E-state index in [1.165, 1.54) is 38.6 Å². The van der Waals surface area contributed by atoms with Crippen molar-refractivity contribution in [2.24, 2.45) is 50.9 Å². The molecule has 5 heterocycles. The number of carboxylic acids is 1. The second-order valence-corrected chi connectivity index (χ2v) is 23.2.